The molecule has 0 saturated heterocycles. The van der Waals surface area contributed by atoms with E-state index in [1.165, 1.54) is 6.07 Å². The summed E-state index contributed by atoms with van der Waals surface area (Å²) in [5.74, 6) is -0.224. The molecular formula is C24H31FO3. The maximum Gasteiger partial charge on any atom is 0.338 e. The zero-order valence-corrected chi connectivity index (χ0v) is 17.5. The van der Waals surface area contributed by atoms with Crippen LogP contribution in [-0.2, 0) is 4.74 Å². The van der Waals surface area contributed by atoms with E-state index in [-0.39, 0.29) is 23.1 Å². The van der Waals surface area contributed by atoms with Crippen LogP contribution in [0.5, 0.6) is 5.75 Å². The van der Waals surface area contributed by atoms with Gasteiger partial charge in [-0.3, -0.25) is 0 Å². The Morgan fingerprint density at radius 3 is 2.29 bits per heavy atom. The van der Waals surface area contributed by atoms with E-state index in [2.05, 4.69) is 27.7 Å². The third kappa shape index (κ3) is 5.57. The molecule has 2 rings (SSSR count). The molecule has 0 fully saturated rings. The lowest BCUT2D eigenvalue weighted by Gasteiger charge is -2.32. The topological polar surface area (TPSA) is 35.5 Å². The molecule has 152 valence electrons. The van der Waals surface area contributed by atoms with Crippen LogP contribution in [-0.4, -0.2) is 19.2 Å². The highest BCUT2D eigenvalue weighted by Crippen LogP contribution is 2.42. The highest BCUT2D eigenvalue weighted by atomic mass is 19.1. The molecule has 3 nitrogen and oxygen atoms in total. The molecule has 0 radical (unpaired) electrons. The molecule has 0 N–H and O–H groups in total. The van der Waals surface area contributed by atoms with Crippen molar-refractivity contribution in [1.82, 2.24) is 0 Å². The number of hydrogen-bond donors (Lipinski definition) is 0. The third-order valence-corrected chi connectivity index (χ3v) is 4.67. The van der Waals surface area contributed by atoms with E-state index in [0.717, 1.165) is 18.4 Å². The van der Waals surface area contributed by atoms with Crippen LogP contribution in [0.25, 0.3) is 0 Å². The Morgan fingerprint density at radius 2 is 1.75 bits per heavy atom. The number of unbranched alkanes of at least 4 members (excludes halogenated alkanes) is 1. The van der Waals surface area contributed by atoms with Gasteiger partial charge in [-0.1, -0.05) is 52.3 Å². The second-order valence-corrected chi connectivity index (χ2v) is 8.03. The van der Waals surface area contributed by atoms with Gasteiger partial charge in [-0.15, -0.1) is 0 Å². The van der Waals surface area contributed by atoms with Crippen LogP contribution >= 0.6 is 0 Å². The molecule has 0 bridgehead atoms. The van der Waals surface area contributed by atoms with Gasteiger partial charge in [-0.05, 0) is 48.1 Å². The van der Waals surface area contributed by atoms with E-state index in [1.807, 2.05) is 24.3 Å². The average molecular weight is 387 g/mol. The van der Waals surface area contributed by atoms with Crippen LogP contribution in [0.15, 0.2) is 42.5 Å². The van der Waals surface area contributed by atoms with E-state index < -0.39 is 0 Å². The Labute approximate surface area is 167 Å². The Morgan fingerprint density at radius 1 is 1.07 bits per heavy atom. The normalized spacial score (nSPS) is 12.5. The molecule has 0 spiro atoms. The number of ether oxygens (including phenoxy) is 2. The first-order valence-corrected chi connectivity index (χ1v) is 9.97. The lowest BCUT2D eigenvalue weighted by atomic mass is 9.72. The van der Waals surface area contributed by atoms with Gasteiger partial charge in [0.15, 0.2) is 0 Å². The van der Waals surface area contributed by atoms with Crippen molar-refractivity contribution >= 4 is 5.97 Å². The molecule has 0 aliphatic rings. The summed E-state index contributed by atoms with van der Waals surface area (Å²) in [6, 6.07) is 12.4. The average Bonchev–Trinajstić information content (AvgIpc) is 2.63. The zero-order valence-electron chi connectivity index (χ0n) is 17.5. The van der Waals surface area contributed by atoms with E-state index >= 15 is 0 Å². The molecule has 0 aromatic heterocycles. The van der Waals surface area contributed by atoms with Crippen molar-refractivity contribution in [3.63, 3.8) is 0 Å². The van der Waals surface area contributed by atoms with Crippen LogP contribution in [0.2, 0.25) is 0 Å². The van der Waals surface area contributed by atoms with Crippen LogP contribution in [0.3, 0.4) is 0 Å². The van der Waals surface area contributed by atoms with Crippen LogP contribution in [0.1, 0.15) is 74.9 Å². The number of halogens is 1. The maximum atomic E-state index is 15.0. The molecule has 4 heteroatoms. The van der Waals surface area contributed by atoms with E-state index in [1.54, 1.807) is 19.1 Å². The Bertz CT molecular complexity index is 775. The SMILES string of the molecule is CCCCOc1ccc(C(c2ccc(C(=O)OCC)cc2)C(C)(C)C)c(F)c1. The lowest BCUT2D eigenvalue weighted by molar-refractivity contribution is 0.0526. The van der Waals surface area contributed by atoms with Crippen molar-refractivity contribution < 1.29 is 18.7 Å². The van der Waals surface area contributed by atoms with E-state index in [9.17, 15) is 9.18 Å². The number of carbonyl (C=O) groups excluding carboxylic acids is 1. The lowest BCUT2D eigenvalue weighted by Crippen LogP contribution is -2.21. The van der Waals surface area contributed by atoms with Crippen molar-refractivity contribution in [3.8, 4) is 5.75 Å². The summed E-state index contributed by atoms with van der Waals surface area (Å²) in [6.07, 6.45) is 1.98. The van der Waals surface area contributed by atoms with Gasteiger partial charge in [0.1, 0.15) is 11.6 Å². The van der Waals surface area contributed by atoms with E-state index in [4.69, 9.17) is 9.47 Å². The summed E-state index contributed by atoms with van der Waals surface area (Å²) >= 11 is 0. The van der Waals surface area contributed by atoms with Crippen LogP contribution < -0.4 is 4.74 Å². The molecule has 1 unspecified atom stereocenters. The maximum absolute atomic E-state index is 15.0. The number of rotatable bonds is 8. The second-order valence-electron chi connectivity index (χ2n) is 8.03. The smallest absolute Gasteiger partial charge is 0.338 e. The van der Waals surface area contributed by atoms with Crippen molar-refractivity contribution in [2.45, 2.75) is 53.4 Å². The van der Waals surface area contributed by atoms with Gasteiger partial charge < -0.3 is 9.47 Å². The summed E-state index contributed by atoms with van der Waals surface area (Å²) in [4.78, 5) is 11.9. The third-order valence-electron chi connectivity index (χ3n) is 4.67. The molecule has 28 heavy (non-hydrogen) atoms. The molecule has 0 saturated carbocycles. The molecule has 1 atom stereocenters. The molecule has 0 heterocycles. The second kappa shape index (κ2) is 9.72. The fourth-order valence-corrected chi connectivity index (χ4v) is 3.34. The predicted molar refractivity (Wildman–Crippen MR) is 110 cm³/mol. The zero-order chi connectivity index (χ0) is 20.7. The first kappa shape index (κ1) is 21.9. The molecule has 0 amide bonds. The fourth-order valence-electron chi connectivity index (χ4n) is 3.34. The van der Waals surface area contributed by atoms with Crippen molar-refractivity contribution in [3.05, 3.63) is 65.0 Å². The Kier molecular flexibility index (Phi) is 7.61. The van der Waals surface area contributed by atoms with Gasteiger partial charge in [-0.25, -0.2) is 9.18 Å². The molecular weight excluding hydrogens is 355 g/mol. The van der Waals surface area contributed by atoms with Crippen LogP contribution in [0.4, 0.5) is 4.39 Å². The van der Waals surface area contributed by atoms with Gasteiger partial charge in [0, 0.05) is 12.0 Å². The van der Waals surface area contributed by atoms with Gasteiger partial charge in [0.05, 0.1) is 18.8 Å². The number of benzene rings is 2. The number of esters is 1. The van der Waals surface area contributed by atoms with Crippen LogP contribution in [0, 0.1) is 11.2 Å². The monoisotopic (exact) mass is 386 g/mol. The molecule has 0 aliphatic heterocycles. The van der Waals surface area contributed by atoms with Gasteiger partial charge in [0.25, 0.3) is 0 Å². The first-order valence-electron chi connectivity index (χ1n) is 9.97. The minimum atomic E-state index is -0.346. The number of hydrogen-bond acceptors (Lipinski definition) is 3. The summed E-state index contributed by atoms with van der Waals surface area (Å²) in [5.41, 5.74) is 1.87. The summed E-state index contributed by atoms with van der Waals surface area (Å²) in [6.45, 7) is 11.1. The standard InChI is InChI=1S/C24H31FO3/c1-6-8-15-28-19-13-14-20(21(25)16-19)22(24(3,4)5)17-9-11-18(12-10-17)23(26)27-7-2/h9-14,16,22H,6-8,15H2,1-5H3. The number of carbonyl (C=O) groups is 1. The minimum Gasteiger partial charge on any atom is -0.493 e. The highest BCUT2D eigenvalue weighted by molar-refractivity contribution is 5.89. The largest absolute Gasteiger partial charge is 0.493 e. The van der Waals surface area contributed by atoms with Crippen molar-refractivity contribution in [2.24, 2.45) is 5.41 Å². The van der Waals surface area contributed by atoms with Gasteiger partial charge in [0.2, 0.25) is 0 Å². The van der Waals surface area contributed by atoms with Gasteiger partial charge in [-0.2, -0.15) is 0 Å². The molecule has 0 aliphatic carbocycles. The minimum absolute atomic E-state index is 0.159. The molecule has 2 aromatic carbocycles. The Hall–Kier alpha value is -2.36. The summed E-state index contributed by atoms with van der Waals surface area (Å²) < 4.78 is 25.6. The van der Waals surface area contributed by atoms with Crippen molar-refractivity contribution in [1.29, 1.82) is 0 Å². The fraction of sp³-hybridized carbons (Fsp3) is 0.458. The predicted octanol–water partition coefficient (Wildman–Crippen LogP) is 6.36. The van der Waals surface area contributed by atoms with Crippen molar-refractivity contribution in [2.75, 3.05) is 13.2 Å². The molecule has 2 aromatic rings. The summed E-state index contributed by atoms with van der Waals surface area (Å²) in [7, 11) is 0. The van der Waals surface area contributed by atoms with Gasteiger partial charge >= 0.3 is 5.97 Å². The Balaban J connectivity index is 2.33. The summed E-state index contributed by atoms with van der Waals surface area (Å²) in [5, 5.41) is 0. The quantitative estimate of drug-likeness (QED) is 0.391. The highest BCUT2D eigenvalue weighted by Gasteiger charge is 2.30. The van der Waals surface area contributed by atoms with E-state index in [0.29, 0.717) is 30.1 Å². The first-order chi connectivity index (χ1) is 13.3.